The lowest BCUT2D eigenvalue weighted by atomic mass is 9.83. The number of hydrogen-bond acceptors (Lipinski definition) is 1. The third-order valence-corrected chi connectivity index (χ3v) is 5.28. The summed E-state index contributed by atoms with van der Waals surface area (Å²) in [7, 11) is 0. The highest BCUT2D eigenvalue weighted by Gasteiger charge is 2.39. The summed E-state index contributed by atoms with van der Waals surface area (Å²) in [5, 5.41) is 0. The summed E-state index contributed by atoms with van der Waals surface area (Å²) >= 11 is 0. The minimum absolute atomic E-state index is 0.146. The third-order valence-electron chi connectivity index (χ3n) is 5.28. The lowest BCUT2D eigenvalue weighted by molar-refractivity contribution is 0.294. The Morgan fingerprint density at radius 1 is 1.32 bits per heavy atom. The molecule has 0 aliphatic heterocycles. The maximum Gasteiger partial charge on any atom is 0.123 e. The molecule has 0 amide bonds. The van der Waals surface area contributed by atoms with Crippen molar-refractivity contribution in [1.29, 1.82) is 0 Å². The normalized spacial score (nSPS) is 30.8. The molecule has 4 atom stereocenters. The van der Waals surface area contributed by atoms with Crippen molar-refractivity contribution in [1.82, 2.24) is 0 Å². The molecule has 1 nitrogen and oxygen atoms in total. The van der Waals surface area contributed by atoms with Gasteiger partial charge in [-0.1, -0.05) is 12.5 Å². The third kappa shape index (κ3) is 2.84. The fourth-order valence-electron chi connectivity index (χ4n) is 4.28. The van der Waals surface area contributed by atoms with Gasteiger partial charge in [-0.2, -0.15) is 0 Å². The van der Waals surface area contributed by atoms with Crippen LogP contribution in [0.5, 0.6) is 0 Å². The van der Waals surface area contributed by atoms with Gasteiger partial charge in [-0.3, -0.25) is 0 Å². The topological polar surface area (TPSA) is 26.0 Å². The number of halogens is 1. The van der Waals surface area contributed by atoms with Gasteiger partial charge in [0.25, 0.3) is 0 Å². The van der Waals surface area contributed by atoms with Crippen LogP contribution >= 0.6 is 0 Å². The molecule has 1 aromatic carbocycles. The molecule has 0 heterocycles. The highest BCUT2D eigenvalue weighted by atomic mass is 19.1. The van der Waals surface area contributed by atoms with Gasteiger partial charge in [0.15, 0.2) is 0 Å². The van der Waals surface area contributed by atoms with Gasteiger partial charge in [-0.05, 0) is 80.0 Å². The maximum atomic E-state index is 13.3. The molecule has 2 fully saturated rings. The van der Waals surface area contributed by atoms with Crippen LogP contribution < -0.4 is 5.73 Å². The van der Waals surface area contributed by atoms with Crippen LogP contribution in [-0.2, 0) is 6.42 Å². The van der Waals surface area contributed by atoms with E-state index < -0.39 is 0 Å². The van der Waals surface area contributed by atoms with Gasteiger partial charge in [-0.25, -0.2) is 4.39 Å². The molecule has 1 aromatic rings. The predicted octanol–water partition coefficient (Wildman–Crippen LogP) is 3.83. The van der Waals surface area contributed by atoms with Gasteiger partial charge in [0.05, 0.1) is 0 Å². The van der Waals surface area contributed by atoms with Crippen molar-refractivity contribution in [3.05, 3.63) is 35.1 Å². The van der Waals surface area contributed by atoms with E-state index in [4.69, 9.17) is 5.73 Å². The highest BCUT2D eigenvalue weighted by molar-refractivity contribution is 5.27. The predicted molar refractivity (Wildman–Crippen MR) is 76.4 cm³/mol. The van der Waals surface area contributed by atoms with E-state index >= 15 is 0 Å². The zero-order valence-electron chi connectivity index (χ0n) is 11.7. The SMILES string of the molecule is Cc1ccc(F)cc1CC(N)CC1CC2CCC1C2. The van der Waals surface area contributed by atoms with E-state index in [2.05, 4.69) is 0 Å². The van der Waals surface area contributed by atoms with E-state index in [1.165, 1.54) is 31.7 Å². The Kier molecular flexibility index (Phi) is 3.62. The van der Waals surface area contributed by atoms with Crippen LogP contribution in [0.3, 0.4) is 0 Å². The Morgan fingerprint density at radius 3 is 2.84 bits per heavy atom. The first-order chi connectivity index (χ1) is 9.11. The number of fused-ring (bicyclic) bond motifs is 2. The highest BCUT2D eigenvalue weighted by Crippen LogP contribution is 2.49. The second-order valence-electron chi connectivity index (χ2n) is 6.71. The van der Waals surface area contributed by atoms with Gasteiger partial charge in [-0.15, -0.1) is 0 Å². The number of hydrogen-bond donors (Lipinski definition) is 1. The minimum Gasteiger partial charge on any atom is -0.327 e. The Labute approximate surface area is 115 Å². The summed E-state index contributed by atoms with van der Waals surface area (Å²) in [4.78, 5) is 0. The smallest absolute Gasteiger partial charge is 0.123 e. The molecule has 0 saturated heterocycles. The van der Waals surface area contributed by atoms with E-state index in [0.29, 0.717) is 0 Å². The van der Waals surface area contributed by atoms with Crippen molar-refractivity contribution in [3.8, 4) is 0 Å². The maximum absolute atomic E-state index is 13.3. The van der Waals surface area contributed by atoms with Crippen LogP contribution in [0.4, 0.5) is 4.39 Å². The summed E-state index contributed by atoms with van der Waals surface area (Å²) in [6, 6.07) is 5.22. The number of nitrogens with two attached hydrogens (primary N) is 1. The van der Waals surface area contributed by atoms with Gasteiger partial charge < -0.3 is 5.73 Å². The van der Waals surface area contributed by atoms with Gasteiger partial charge in [0.1, 0.15) is 5.82 Å². The molecule has 0 radical (unpaired) electrons. The van der Waals surface area contributed by atoms with Gasteiger partial charge in [0, 0.05) is 6.04 Å². The standard InChI is InChI=1S/C17H24FN/c1-11-2-5-16(18)8-14(11)9-17(19)10-15-7-12-3-4-13(15)6-12/h2,5,8,12-13,15,17H,3-4,6-7,9-10,19H2,1H3. The summed E-state index contributed by atoms with van der Waals surface area (Å²) in [6.07, 6.45) is 7.63. The fraction of sp³-hybridized carbons (Fsp3) is 0.647. The first kappa shape index (κ1) is 13.1. The van der Waals surface area contributed by atoms with Crippen LogP contribution in [-0.4, -0.2) is 6.04 Å². The van der Waals surface area contributed by atoms with Crippen molar-refractivity contribution >= 4 is 0 Å². The van der Waals surface area contributed by atoms with Crippen molar-refractivity contribution in [2.75, 3.05) is 0 Å². The number of benzene rings is 1. The quantitative estimate of drug-likeness (QED) is 0.876. The summed E-state index contributed by atoms with van der Waals surface area (Å²) in [5.74, 6) is 2.61. The average molecular weight is 261 g/mol. The molecule has 104 valence electrons. The molecular formula is C17H24FN. The molecule has 2 bridgehead atoms. The van der Waals surface area contributed by atoms with E-state index in [1.807, 2.05) is 13.0 Å². The lowest BCUT2D eigenvalue weighted by Crippen LogP contribution is -2.28. The lowest BCUT2D eigenvalue weighted by Gasteiger charge is -2.25. The Morgan fingerprint density at radius 2 is 2.16 bits per heavy atom. The average Bonchev–Trinajstić information content (AvgIpc) is 2.96. The second-order valence-corrected chi connectivity index (χ2v) is 6.71. The largest absolute Gasteiger partial charge is 0.327 e. The van der Waals surface area contributed by atoms with Crippen molar-refractivity contribution in [2.24, 2.45) is 23.5 Å². The van der Waals surface area contributed by atoms with Crippen LogP contribution in [0, 0.1) is 30.5 Å². The van der Waals surface area contributed by atoms with Crippen LogP contribution in [0.15, 0.2) is 18.2 Å². The Balaban J connectivity index is 1.59. The zero-order chi connectivity index (χ0) is 13.4. The molecule has 2 saturated carbocycles. The molecular weight excluding hydrogens is 237 g/mol. The molecule has 2 N–H and O–H groups in total. The fourth-order valence-corrected chi connectivity index (χ4v) is 4.28. The van der Waals surface area contributed by atoms with E-state index in [0.717, 1.165) is 41.7 Å². The molecule has 2 heteroatoms. The minimum atomic E-state index is -0.146. The number of rotatable bonds is 4. The zero-order valence-corrected chi connectivity index (χ0v) is 11.7. The number of aryl methyl sites for hydroxylation is 1. The monoisotopic (exact) mass is 261 g/mol. The molecule has 0 spiro atoms. The Hall–Kier alpha value is -0.890. The van der Waals surface area contributed by atoms with Gasteiger partial charge >= 0.3 is 0 Å². The molecule has 2 aliphatic rings. The summed E-state index contributed by atoms with van der Waals surface area (Å²) < 4.78 is 13.3. The van der Waals surface area contributed by atoms with Crippen LogP contribution in [0.2, 0.25) is 0 Å². The molecule has 2 aliphatic carbocycles. The van der Waals surface area contributed by atoms with Crippen molar-refractivity contribution in [2.45, 2.75) is 51.5 Å². The van der Waals surface area contributed by atoms with Gasteiger partial charge in [0.2, 0.25) is 0 Å². The Bertz CT molecular complexity index is 457. The molecule has 0 aromatic heterocycles. The molecule has 4 unspecified atom stereocenters. The van der Waals surface area contributed by atoms with E-state index in [-0.39, 0.29) is 11.9 Å². The first-order valence-electron chi connectivity index (χ1n) is 7.62. The first-order valence-corrected chi connectivity index (χ1v) is 7.62. The van der Waals surface area contributed by atoms with E-state index in [1.54, 1.807) is 6.07 Å². The van der Waals surface area contributed by atoms with Crippen molar-refractivity contribution < 1.29 is 4.39 Å². The van der Waals surface area contributed by atoms with Crippen LogP contribution in [0.25, 0.3) is 0 Å². The van der Waals surface area contributed by atoms with Crippen LogP contribution in [0.1, 0.15) is 43.2 Å². The van der Waals surface area contributed by atoms with Crippen molar-refractivity contribution in [3.63, 3.8) is 0 Å². The second kappa shape index (κ2) is 5.24. The summed E-state index contributed by atoms with van der Waals surface area (Å²) in [5.41, 5.74) is 8.55. The molecule has 19 heavy (non-hydrogen) atoms. The van der Waals surface area contributed by atoms with E-state index in [9.17, 15) is 4.39 Å². The summed E-state index contributed by atoms with van der Waals surface area (Å²) in [6.45, 7) is 2.04. The molecule has 3 rings (SSSR count).